The van der Waals surface area contributed by atoms with Crippen molar-refractivity contribution >= 4 is 11.9 Å². The highest BCUT2D eigenvalue weighted by Gasteiger charge is 2.24. The maximum atomic E-state index is 12.1. The molecule has 0 fully saturated rings. The molecule has 0 bridgehead atoms. The van der Waals surface area contributed by atoms with Crippen LogP contribution in [0.5, 0.6) is 11.5 Å². The third-order valence-electron chi connectivity index (χ3n) is 2.87. The van der Waals surface area contributed by atoms with Crippen molar-refractivity contribution in [3.63, 3.8) is 0 Å². The van der Waals surface area contributed by atoms with E-state index in [0.29, 0.717) is 6.42 Å². The number of hydrogen-bond acceptors (Lipinski definition) is 4. The summed E-state index contributed by atoms with van der Waals surface area (Å²) in [5.74, 6) is -2.53. The summed E-state index contributed by atoms with van der Waals surface area (Å²) < 4.78 is 0. The van der Waals surface area contributed by atoms with Gasteiger partial charge in [-0.15, -0.1) is 0 Å². The number of rotatable bonds is 5. The molecular formula is C15H21NO5. The first-order valence-corrected chi connectivity index (χ1v) is 6.64. The fourth-order valence-electron chi connectivity index (χ4n) is 2.10. The van der Waals surface area contributed by atoms with E-state index in [2.05, 4.69) is 5.32 Å². The maximum absolute atomic E-state index is 12.1. The summed E-state index contributed by atoms with van der Waals surface area (Å²) in [6, 6.07) is 3.49. The molecule has 0 aliphatic rings. The van der Waals surface area contributed by atoms with Crippen molar-refractivity contribution in [3.05, 3.63) is 23.8 Å². The molecular weight excluding hydrogens is 274 g/mol. The van der Waals surface area contributed by atoms with Crippen LogP contribution in [0.15, 0.2) is 18.2 Å². The molecule has 1 rings (SSSR count). The van der Waals surface area contributed by atoms with E-state index in [1.54, 1.807) is 0 Å². The summed E-state index contributed by atoms with van der Waals surface area (Å²) in [7, 11) is 0. The van der Waals surface area contributed by atoms with Gasteiger partial charge in [-0.05, 0) is 24.0 Å². The van der Waals surface area contributed by atoms with Gasteiger partial charge in [0.05, 0.1) is 12.0 Å². The fraction of sp³-hybridized carbons (Fsp3) is 0.467. The molecule has 0 radical (unpaired) electrons. The number of para-hydroxylation sites is 1. The van der Waals surface area contributed by atoms with E-state index in [4.69, 9.17) is 5.11 Å². The largest absolute Gasteiger partial charge is 0.504 e. The van der Waals surface area contributed by atoms with Gasteiger partial charge in [0, 0.05) is 6.04 Å². The number of phenols is 2. The second kappa shape index (κ2) is 6.47. The Kier molecular flexibility index (Phi) is 5.18. The van der Waals surface area contributed by atoms with Crippen LogP contribution in [0.4, 0.5) is 0 Å². The number of phenolic OH excluding ortho intramolecular Hbond substituents is 2. The molecule has 6 heteroatoms. The molecule has 116 valence electrons. The van der Waals surface area contributed by atoms with Gasteiger partial charge in [0.2, 0.25) is 0 Å². The summed E-state index contributed by atoms with van der Waals surface area (Å²) in [6.07, 6.45) is 0.271. The van der Waals surface area contributed by atoms with Crippen molar-refractivity contribution in [1.29, 1.82) is 0 Å². The van der Waals surface area contributed by atoms with Gasteiger partial charge in [0.25, 0.3) is 5.91 Å². The van der Waals surface area contributed by atoms with Crippen molar-refractivity contribution < 1.29 is 24.9 Å². The van der Waals surface area contributed by atoms with Crippen LogP contribution in [0.1, 0.15) is 44.0 Å². The second-order valence-electron chi connectivity index (χ2n) is 6.21. The summed E-state index contributed by atoms with van der Waals surface area (Å²) in [4.78, 5) is 23.0. The lowest BCUT2D eigenvalue weighted by molar-refractivity contribution is -0.137. The number of carbonyl (C=O) groups excluding carboxylic acids is 1. The van der Waals surface area contributed by atoms with E-state index < -0.39 is 29.4 Å². The highest BCUT2D eigenvalue weighted by atomic mass is 16.4. The molecule has 1 amide bonds. The van der Waals surface area contributed by atoms with E-state index in [1.165, 1.54) is 18.2 Å². The smallest absolute Gasteiger partial charge is 0.305 e. The number of amides is 1. The fourth-order valence-corrected chi connectivity index (χ4v) is 2.10. The number of carboxylic acid groups (broad SMARTS) is 1. The van der Waals surface area contributed by atoms with Gasteiger partial charge in [-0.3, -0.25) is 9.59 Å². The number of aromatic hydroxyl groups is 2. The van der Waals surface area contributed by atoms with E-state index in [9.17, 15) is 19.8 Å². The first kappa shape index (κ1) is 16.8. The number of benzene rings is 1. The van der Waals surface area contributed by atoms with Crippen molar-refractivity contribution in [2.24, 2.45) is 5.41 Å². The van der Waals surface area contributed by atoms with E-state index in [-0.39, 0.29) is 17.4 Å². The molecule has 0 spiro atoms. The number of hydrogen-bond donors (Lipinski definition) is 4. The zero-order valence-electron chi connectivity index (χ0n) is 12.4. The molecule has 0 aliphatic heterocycles. The lowest BCUT2D eigenvalue weighted by atomic mass is 9.87. The molecule has 0 heterocycles. The number of aliphatic carboxylic acids is 1. The Labute approximate surface area is 123 Å². The van der Waals surface area contributed by atoms with Crippen molar-refractivity contribution in [3.8, 4) is 11.5 Å². The molecule has 1 unspecified atom stereocenters. The van der Waals surface area contributed by atoms with Crippen LogP contribution in [0.2, 0.25) is 0 Å². The molecule has 4 N–H and O–H groups in total. The van der Waals surface area contributed by atoms with Crippen LogP contribution in [0.3, 0.4) is 0 Å². The summed E-state index contributed by atoms with van der Waals surface area (Å²) in [5.41, 5.74) is -0.242. The highest BCUT2D eigenvalue weighted by molar-refractivity contribution is 5.97. The van der Waals surface area contributed by atoms with Crippen LogP contribution in [-0.4, -0.2) is 33.2 Å². The van der Waals surface area contributed by atoms with Crippen LogP contribution in [0.25, 0.3) is 0 Å². The topological polar surface area (TPSA) is 107 Å². The Morgan fingerprint density at radius 2 is 1.86 bits per heavy atom. The predicted octanol–water partition coefficient (Wildman–Crippen LogP) is 2.11. The summed E-state index contributed by atoms with van der Waals surface area (Å²) >= 11 is 0. The maximum Gasteiger partial charge on any atom is 0.305 e. The molecule has 21 heavy (non-hydrogen) atoms. The van der Waals surface area contributed by atoms with Crippen molar-refractivity contribution in [2.75, 3.05) is 0 Å². The minimum Gasteiger partial charge on any atom is -0.504 e. The van der Waals surface area contributed by atoms with E-state index in [0.717, 1.165) is 0 Å². The van der Waals surface area contributed by atoms with E-state index in [1.807, 2.05) is 20.8 Å². The quantitative estimate of drug-likeness (QED) is 0.622. The lowest BCUT2D eigenvalue weighted by Gasteiger charge is -2.26. The third kappa shape index (κ3) is 5.33. The average molecular weight is 295 g/mol. The normalized spacial score (nSPS) is 12.7. The second-order valence-corrected chi connectivity index (χ2v) is 6.21. The van der Waals surface area contributed by atoms with Gasteiger partial charge in [0.15, 0.2) is 11.5 Å². The summed E-state index contributed by atoms with van der Waals surface area (Å²) in [5, 5.41) is 30.6. The number of carboxylic acids is 1. The molecule has 1 atom stereocenters. The van der Waals surface area contributed by atoms with Gasteiger partial charge in [-0.1, -0.05) is 26.8 Å². The average Bonchev–Trinajstić information content (AvgIpc) is 2.29. The van der Waals surface area contributed by atoms with Gasteiger partial charge in [-0.2, -0.15) is 0 Å². The minimum absolute atomic E-state index is 0.0840. The van der Waals surface area contributed by atoms with Gasteiger partial charge < -0.3 is 20.6 Å². The SMILES string of the molecule is CC(C)(C)CC(CC(=O)O)NC(=O)c1cccc(O)c1O. The molecule has 0 saturated heterocycles. The molecule has 0 aliphatic carbocycles. The van der Waals surface area contributed by atoms with Crippen molar-refractivity contribution in [1.82, 2.24) is 5.32 Å². The van der Waals surface area contributed by atoms with Gasteiger partial charge in [0.1, 0.15) is 0 Å². The van der Waals surface area contributed by atoms with Crippen LogP contribution >= 0.6 is 0 Å². The van der Waals surface area contributed by atoms with Gasteiger partial charge >= 0.3 is 5.97 Å². The van der Waals surface area contributed by atoms with Gasteiger partial charge in [-0.25, -0.2) is 0 Å². The standard InChI is InChI=1S/C15H21NO5/c1-15(2,3)8-9(7-12(18)19)16-14(21)10-5-4-6-11(17)13(10)20/h4-6,9,17,20H,7-8H2,1-3H3,(H,16,21)(H,18,19). The number of carbonyl (C=O) groups is 2. The van der Waals surface area contributed by atoms with E-state index >= 15 is 0 Å². The predicted molar refractivity (Wildman–Crippen MR) is 77.4 cm³/mol. The van der Waals surface area contributed by atoms with Crippen LogP contribution in [-0.2, 0) is 4.79 Å². The Balaban J connectivity index is 2.89. The Bertz CT molecular complexity index is 533. The molecule has 0 saturated carbocycles. The molecule has 1 aromatic carbocycles. The van der Waals surface area contributed by atoms with Crippen molar-refractivity contribution in [2.45, 2.75) is 39.7 Å². The van der Waals surface area contributed by atoms with Crippen LogP contribution in [0, 0.1) is 5.41 Å². The highest BCUT2D eigenvalue weighted by Crippen LogP contribution is 2.28. The molecule has 6 nitrogen and oxygen atoms in total. The third-order valence-corrected chi connectivity index (χ3v) is 2.87. The number of nitrogens with one attached hydrogen (secondary N) is 1. The zero-order chi connectivity index (χ0) is 16.2. The van der Waals surface area contributed by atoms with Crippen LogP contribution < -0.4 is 5.32 Å². The molecule has 0 aromatic heterocycles. The Morgan fingerprint density at radius 1 is 1.24 bits per heavy atom. The zero-order valence-corrected chi connectivity index (χ0v) is 12.4. The molecule has 1 aromatic rings. The Hall–Kier alpha value is -2.24. The first-order valence-electron chi connectivity index (χ1n) is 6.64. The monoisotopic (exact) mass is 295 g/mol. The summed E-state index contributed by atoms with van der Waals surface area (Å²) in [6.45, 7) is 5.83. The minimum atomic E-state index is -1.01. The first-order chi connectivity index (χ1) is 9.60. The Morgan fingerprint density at radius 3 is 2.38 bits per heavy atom. The lowest BCUT2D eigenvalue weighted by Crippen LogP contribution is -2.39.